The van der Waals surface area contributed by atoms with Gasteiger partial charge in [0, 0.05) is 15.6 Å². The van der Waals surface area contributed by atoms with E-state index < -0.39 is 0 Å². The number of halogens is 2. The topological polar surface area (TPSA) is 29.3 Å². The van der Waals surface area contributed by atoms with Gasteiger partial charge in [0.1, 0.15) is 5.82 Å². The monoisotopic (exact) mass is 286 g/mol. The van der Waals surface area contributed by atoms with Crippen LogP contribution in [0.2, 0.25) is 0 Å². The van der Waals surface area contributed by atoms with Gasteiger partial charge in [0.05, 0.1) is 6.04 Å². The predicted octanol–water partition coefficient (Wildman–Crippen LogP) is 2.68. The van der Waals surface area contributed by atoms with Gasteiger partial charge in [-0.3, -0.25) is 0 Å². The minimum absolute atomic E-state index is 0.0509. The lowest BCUT2D eigenvalue weighted by atomic mass is 9.96. The Labute approximate surface area is 104 Å². The van der Waals surface area contributed by atoms with E-state index in [2.05, 4.69) is 15.9 Å². The van der Waals surface area contributed by atoms with Gasteiger partial charge in [0.25, 0.3) is 0 Å². The minimum Gasteiger partial charge on any atom is -0.323 e. The number of nitrogens with zero attached hydrogens (tertiary/aromatic N) is 1. The largest absolute Gasteiger partial charge is 0.323 e. The highest BCUT2D eigenvalue weighted by Gasteiger charge is 2.48. The fourth-order valence-corrected chi connectivity index (χ4v) is 2.62. The first-order valence-electron chi connectivity index (χ1n) is 5.34. The predicted molar refractivity (Wildman–Crippen MR) is 66.7 cm³/mol. The van der Waals surface area contributed by atoms with Crippen molar-refractivity contribution in [1.29, 1.82) is 0 Å². The van der Waals surface area contributed by atoms with Crippen LogP contribution in [0.25, 0.3) is 0 Å². The first-order chi connectivity index (χ1) is 7.44. The molecule has 1 fully saturated rings. The van der Waals surface area contributed by atoms with Gasteiger partial charge in [-0.2, -0.15) is 0 Å². The quantitative estimate of drug-likeness (QED) is 0.926. The second-order valence-corrected chi connectivity index (χ2v) is 5.68. The number of benzene rings is 1. The molecule has 0 aromatic heterocycles. The molecule has 1 aromatic rings. The lowest BCUT2D eigenvalue weighted by Crippen LogP contribution is -2.39. The third-order valence-electron chi connectivity index (χ3n) is 3.14. The van der Waals surface area contributed by atoms with E-state index in [0.29, 0.717) is 5.56 Å². The van der Waals surface area contributed by atoms with E-state index in [0.717, 1.165) is 17.3 Å². The van der Waals surface area contributed by atoms with Crippen LogP contribution >= 0.6 is 15.9 Å². The molecule has 2 N–H and O–H groups in total. The third-order valence-corrected chi connectivity index (χ3v) is 3.63. The van der Waals surface area contributed by atoms with Crippen LogP contribution in [-0.4, -0.2) is 24.5 Å². The van der Waals surface area contributed by atoms with Gasteiger partial charge >= 0.3 is 0 Å². The summed E-state index contributed by atoms with van der Waals surface area (Å²) in [6, 6.07) is 4.97. The summed E-state index contributed by atoms with van der Waals surface area (Å²) in [5.74, 6) is -0.182. The van der Waals surface area contributed by atoms with E-state index in [4.69, 9.17) is 5.73 Å². The summed E-state index contributed by atoms with van der Waals surface area (Å²) in [7, 11) is 3.88. The van der Waals surface area contributed by atoms with E-state index in [1.165, 1.54) is 6.07 Å². The maximum absolute atomic E-state index is 13.8. The standard InChI is InChI=1S/C12H16BrFN2/c1-16(2)11(12(15)5-6-12)9-7-8(13)3-4-10(9)14/h3-4,7,11H,5-6,15H2,1-2H3. The molecule has 0 spiro atoms. The van der Waals surface area contributed by atoms with Gasteiger partial charge in [-0.1, -0.05) is 15.9 Å². The van der Waals surface area contributed by atoms with Crippen molar-refractivity contribution in [3.05, 3.63) is 34.1 Å². The Morgan fingerprint density at radius 3 is 2.56 bits per heavy atom. The molecule has 1 aliphatic carbocycles. The average molecular weight is 287 g/mol. The first-order valence-corrected chi connectivity index (χ1v) is 6.13. The summed E-state index contributed by atoms with van der Waals surface area (Å²) >= 11 is 3.37. The fourth-order valence-electron chi connectivity index (χ4n) is 2.24. The van der Waals surface area contributed by atoms with Gasteiger partial charge in [-0.05, 0) is 45.1 Å². The third kappa shape index (κ3) is 2.14. The Hall–Kier alpha value is -0.450. The maximum Gasteiger partial charge on any atom is 0.128 e. The molecule has 1 unspecified atom stereocenters. The van der Waals surface area contributed by atoms with Crippen molar-refractivity contribution in [3.63, 3.8) is 0 Å². The molecule has 0 radical (unpaired) electrons. The van der Waals surface area contributed by atoms with E-state index in [1.54, 1.807) is 6.07 Å². The van der Waals surface area contributed by atoms with Crippen molar-refractivity contribution in [2.45, 2.75) is 24.4 Å². The van der Waals surface area contributed by atoms with Crippen LogP contribution in [0.5, 0.6) is 0 Å². The fraction of sp³-hybridized carbons (Fsp3) is 0.500. The number of nitrogens with two attached hydrogens (primary N) is 1. The Morgan fingerprint density at radius 2 is 2.06 bits per heavy atom. The summed E-state index contributed by atoms with van der Waals surface area (Å²) in [5, 5.41) is 0. The van der Waals surface area contributed by atoms with Crippen molar-refractivity contribution in [2.24, 2.45) is 5.73 Å². The summed E-state index contributed by atoms with van der Waals surface area (Å²) in [6.45, 7) is 0. The van der Waals surface area contributed by atoms with Gasteiger partial charge in [-0.25, -0.2) is 4.39 Å². The van der Waals surface area contributed by atoms with Crippen LogP contribution in [0, 0.1) is 5.82 Å². The molecule has 1 saturated carbocycles. The summed E-state index contributed by atoms with van der Waals surface area (Å²) in [4.78, 5) is 2.00. The second-order valence-electron chi connectivity index (χ2n) is 4.77. The van der Waals surface area contributed by atoms with Crippen LogP contribution in [-0.2, 0) is 0 Å². The van der Waals surface area contributed by atoms with Crippen LogP contribution in [0.15, 0.2) is 22.7 Å². The van der Waals surface area contributed by atoms with Crippen molar-refractivity contribution >= 4 is 15.9 Å². The zero-order valence-electron chi connectivity index (χ0n) is 9.50. The first kappa shape index (κ1) is 12.0. The molecule has 2 rings (SSSR count). The van der Waals surface area contributed by atoms with Crippen LogP contribution in [0.4, 0.5) is 4.39 Å². The highest BCUT2D eigenvalue weighted by Crippen LogP contribution is 2.46. The number of hydrogen-bond donors (Lipinski definition) is 1. The smallest absolute Gasteiger partial charge is 0.128 e. The lowest BCUT2D eigenvalue weighted by molar-refractivity contribution is 0.239. The Kier molecular flexibility index (Phi) is 3.07. The van der Waals surface area contributed by atoms with Gasteiger partial charge < -0.3 is 10.6 Å². The molecule has 0 saturated heterocycles. The number of rotatable bonds is 3. The van der Waals surface area contributed by atoms with Crippen LogP contribution in [0.3, 0.4) is 0 Å². The molecule has 1 atom stereocenters. The molecule has 1 aliphatic rings. The molecule has 1 aromatic carbocycles. The van der Waals surface area contributed by atoms with Gasteiger partial charge in [-0.15, -0.1) is 0 Å². The van der Waals surface area contributed by atoms with Crippen molar-refractivity contribution in [2.75, 3.05) is 14.1 Å². The van der Waals surface area contributed by atoms with Crippen LogP contribution in [0.1, 0.15) is 24.4 Å². The Balaban J connectivity index is 2.43. The Bertz CT molecular complexity index is 402. The molecule has 2 nitrogen and oxygen atoms in total. The molecule has 0 aliphatic heterocycles. The Morgan fingerprint density at radius 1 is 1.44 bits per heavy atom. The summed E-state index contributed by atoms with van der Waals surface area (Å²) in [6.07, 6.45) is 1.92. The SMILES string of the molecule is CN(C)C(c1cc(Br)ccc1F)C1(N)CC1. The molecule has 0 bridgehead atoms. The lowest BCUT2D eigenvalue weighted by Gasteiger charge is -2.30. The highest BCUT2D eigenvalue weighted by atomic mass is 79.9. The van der Waals surface area contributed by atoms with Gasteiger partial charge in [0.2, 0.25) is 0 Å². The van der Waals surface area contributed by atoms with E-state index >= 15 is 0 Å². The summed E-state index contributed by atoms with van der Waals surface area (Å²) in [5.41, 5.74) is 6.64. The normalized spacial score (nSPS) is 19.9. The molecular weight excluding hydrogens is 271 g/mol. The highest BCUT2D eigenvalue weighted by molar-refractivity contribution is 9.10. The molecule has 88 valence electrons. The molecule has 0 heterocycles. The zero-order chi connectivity index (χ0) is 11.9. The van der Waals surface area contributed by atoms with E-state index in [-0.39, 0.29) is 17.4 Å². The number of likely N-dealkylation sites (N-methyl/N-ethyl adjacent to an activating group) is 1. The molecule has 16 heavy (non-hydrogen) atoms. The van der Waals surface area contributed by atoms with E-state index in [1.807, 2.05) is 25.1 Å². The van der Waals surface area contributed by atoms with Gasteiger partial charge in [0.15, 0.2) is 0 Å². The number of hydrogen-bond acceptors (Lipinski definition) is 2. The van der Waals surface area contributed by atoms with E-state index in [9.17, 15) is 4.39 Å². The zero-order valence-corrected chi connectivity index (χ0v) is 11.1. The van der Waals surface area contributed by atoms with Crippen molar-refractivity contribution in [1.82, 2.24) is 4.90 Å². The van der Waals surface area contributed by atoms with Crippen molar-refractivity contribution < 1.29 is 4.39 Å². The maximum atomic E-state index is 13.8. The summed E-state index contributed by atoms with van der Waals surface area (Å²) < 4.78 is 14.7. The average Bonchev–Trinajstić information content (AvgIpc) is 2.90. The molecular formula is C12H16BrFN2. The minimum atomic E-state index is -0.259. The second kappa shape index (κ2) is 4.09. The molecule has 4 heteroatoms. The van der Waals surface area contributed by atoms with Crippen molar-refractivity contribution in [3.8, 4) is 0 Å². The van der Waals surface area contributed by atoms with Crippen LogP contribution < -0.4 is 5.73 Å². The molecule has 0 amide bonds.